The number of hydrogen-bond acceptors (Lipinski definition) is 4. The molecule has 9 heteroatoms. The van der Waals surface area contributed by atoms with Crippen LogP contribution in [0.1, 0.15) is 37.0 Å². The van der Waals surface area contributed by atoms with E-state index in [2.05, 4.69) is 0 Å². The Hall–Kier alpha value is -1.64. The summed E-state index contributed by atoms with van der Waals surface area (Å²) in [7, 11) is -3.74. The van der Waals surface area contributed by atoms with Crippen LogP contribution in [0.3, 0.4) is 0 Å². The molecule has 1 unspecified atom stereocenters. The van der Waals surface area contributed by atoms with Gasteiger partial charge in [0.15, 0.2) is 0 Å². The van der Waals surface area contributed by atoms with Crippen LogP contribution < -0.4 is 0 Å². The van der Waals surface area contributed by atoms with Gasteiger partial charge in [-0.3, -0.25) is 4.79 Å². The molecule has 1 aliphatic heterocycles. The number of aliphatic carboxylic acids is 1. The van der Waals surface area contributed by atoms with Gasteiger partial charge in [0.2, 0.25) is 10.0 Å². The summed E-state index contributed by atoms with van der Waals surface area (Å²) in [5.41, 5.74) is 0.00282. The number of carboxylic acid groups (broad SMARTS) is 1. The van der Waals surface area contributed by atoms with Gasteiger partial charge in [0.1, 0.15) is 6.04 Å². The molecule has 0 radical (unpaired) electrons. The molecule has 1 aromatic rings. The fraction of sp³-hybridized carbons (Fsp3) is 0.500. The number of likely N-dealkylation sites (tertiary alicyclic amines) is 1. The number of amides is 1. The van der Waals surface area contributed by atoms with Gasteiger partial charge >= 0.3 is 5.97 Å². The summed E-state index contributed by atoms with van der Waals surface area (Å²) in [5.74, 6) is -1.64. The average Bonchev–Trinajstić information content (AvgIpc) is 3.05. The zero-order valence-corrected chi connectivity index (χ0v) is 15.7. The number of nitrogens with zero attached hydrogens (tertiary/aromatic N) is 2. The molecule has 1 saturated heterocycles. The van der Waals surface area contributed by atoms with Crippen molar-refractivity contribution in [2.45, 2.75) is 37.6 Å². The van der Waals surface area contributed by atoms with E-state index >= 15 is 0 Å². The van der Waals surface area contributed by atoms with E-state index in [4.69, 9.17) is 11.6 Å². The number of rotatable bonds is 6. The normalized spacial score (nSPS) is 17.9. The topological polar surface area (TPSA) is 95.0 Å². The zero-order chi connectivity index (χ0) is 18.8. The van der Waals surface area contributed by atoms with Crippen molar-refractivity contribution in [3.8, 4) is 0 Å². The van der Waals surface area contributed by atoms with Crippen LogP contribution >= 0.6 is 11.6 Å². The molecule has 7 nitrogen and oxygen atoms in total. The summed E-state index contributed by atoms with van der Waals surface area (Å²) >= 11 is 6.09. The van der Waals surface area contributed by atoms with Gasteiger partial charge in [-0.1, -0.05) is 25.4 Å². The van der Waals surface area contributed by atoms with Gasteiger partial charge in [-0.15, -0.1) is 0 Å². The average molecular weight is 389 g/mol. The Bertz CT molecular complexity index is 777. The van der Waals surface area contributed by atoms with Crippen molar-refractivity contribution in [3.63, 3.8) is 0 Å². The number of halogens is 1. The molecule has 0 aliphatic carbocycles. The highest BCUT2D eigenvalue weighted by atomic mass is 35.5. The van der Waals surface area contributed by atoms with Crippen molar-refractivity contribution in [3.05, 3.63) is 28.8 Å². The predicted molar refractivity (Wildman–Crippen MR) is 93.3 cm³/mol. The first-order valence-electron chi connectivity index (χ1n) is 8.07. The maximum atomic E-state index is 12.7. The minimum atomic E-state index is -3.74. The molecule has 1 aromatic carbocycles. The van der Waals surface area contributed by atoms with Crippen LogP contribution in [0.4, 0.5) is 0 Å². The molecule has 1 fully saturated rings. The number of carbonyl (C=O) groups excluding carboxylic acids is 1. The molecule has 1 aliphatic rings. The van der Waals surface area contributed by atoms with Gasteiger partial charge in [0.05, 0.1) is 15.5 Å². The highest BCUT2D eigenvalue weighted by Crippen LogP contribution is 2.27. The molecular weight excluding hydrogens is 368 g/mol. The zero-order valence-electron chi connectivity index (χ0n) is 14.1. The van der Waals surface area contributed by atoms with Gasteiger partial charge in [0, 0.05) is 19.6 Å². The Labute approximate surface area is 152 Å². The second-order valence-corrected chi connectivity index (χ2v) is 8.07. The highest BCUT2D eigenvalue weighted by molar-refractivity contribution is 7.89. The van der Waals surface area contributed by atoms with E-state index in [9.17, 15) is 23.1 Å². The van der Waals surface area contributed by atoms with Gasteiger partial charge in [-0.25, -0.2) is 13.2 Å². The summed E-state index contributed by atoms with van der Waals surface area (Å²) in [6.45, 7) is 4.37. The number of carboxylic acids is 1. The first kappa shape index (κ1) is 19.7. The molecule has 0 saturated carbocycles. The van der Waals surface area contributed by atoms with E-state index in [0.717, 1.165) is 0 Å². The Balaban J connectivity index is 2.43. The lowest BCUT2D eigenvalue weighted by atomic mass is 10.1. The van der Waals surface area contributed by atoms with Crippen LogP contribution in [0, 0.1) is 0 Å². The summed E-state index contributed by atoms with van der Waals surface area (Å²) in [4.78, 5) is 25.2. The van der Waals surface area contributed by atoms with Crippen LogP contribution in [0.5, 0.6) is 0 Å². The summed E-state index contributed by atoms with van der Waals surface area (Å²) in [6.07, 6.45) is 0.952. The number of benzene rings is 1. The summed E-state index contributed by atoms with van der Waals surface area (Å²) in [5, 5.41) is 9.34. The van der Waals surface area contributed by atoms with Gasteiger partial charge < -0.3 is 10.0 Å². The molecule has 0 bridgehead atoms. The molecular formula is C16H21ClN2O5S. The van der Waals surface area contributed by atoms with Gasteiger partial charge in [-0.2, -0.15) is 4.31 Å². The minimum Gasteiger partial charge on any atom is -0.480 e. The Morgan fingerprint density at radius 2 is 1.96 bits per heavy atom. The van der Waals surface area contributed by atoms with Crippen molar-refractivity contribution in [2.75, 3.05) is 19.6 Å². The highest BCUT2D eigenvalue weighted by Gasteiger charge is 2.35. The standard InChI is InChI=1S/C16H21ClN2O5S/c1-3-18(4-2)25(23,24)11-7-8-13(17)12(10-11)15(20)19-9-5-6-14(19)16(21)22/h7-8,10,14H,3-6,9H2,1-2H3,(H,21,22). The largest absolute Gasteiger partial charge is 0.480 e. The lowest BCUT2D eigenvalue weighted by Gasteiger charge is -2.23. The van der Waals surface area contributed by atoms with Crippen LogP contribution in [-0.2, 0) is 14.8 Å². The maximum absolute atomic E-state index is 12.7. The van der Waals surface area contributed by atoms with Crippen LogP contribution in [-0.4, -0.2) is 60.3 Å². The van der Waals surface area contributed by atoms with E-state index in [1.54, 1.807) is 13.8 Å². The predicted octanol–water partition coefficient (Wildman–Crippen LogP) is 2.06. The third-order valence-corrected chi connectivity index (χ3v) is 6.69. The Morgan fingerprint density at radius 3 is 2.52 bits per heavy atom. The van der Waals surface area contributed by atoms with Crippen molar-refractivity contribution < 1.29 is 23.1 Å². The van der Waals surface area contributed by atoms with Gasteiger partial charge in [-0.05, 0) is 31.0 Å². The number of carbonyl (C=O) groups is 2. The van der Waals surface area contributed by atoms with E-state index in [-0.39, 0.29) is 15.5 Å². The molecule has 1 heterocycles. The molecule has 0 spiro atoms. The lowest BCUT2D eigenvalue weighted by Crippen LogP contribution is -2.40. The van der Waals surface area contributed by atoms with E-state index < -0.39 is 27.9 Å². The van der Waals surface area contributed by atoms with Crippen molar-refractivity contribution in [2.24, 2.45) is 0 Å². The first-order chi connectivity index (χ1) is 11.7. The second kappa shape index (κ2) is 7.72. The Kier molecular flexibility index (Phi) is 6.08. The van der Waals surface area contributed by atoms with Crippen LogP contribution in [0.25, 0.3) is 0 Å². The molecule has 1 N–H and O–H groups in total. The van der Waals surface area contributed by atoms with Gasteiger partial charge in [0.25, 0.3) is 5.91 Å². The quantitative estimate of drug-likeness (QED) is 0.804. The second-order valence-electron chi connectivity index (χ2n) is 5.73. The third kappa shape index (κ3) is 3.80. The molecule has 1 atom stereocenters. The van der Waals surface area contributed by atoms with Crippen molar-refractivity contribution in [1.29, 1.82) is 0 Å². The monoisotopic (exact) mass is 388 g/mol. The van der Waals surface area contributed by atoms with Crippen LogP contribution in [0.2, 0.25) is 5.02 Å². The molecule has 0 aromatic heterocycles. The first-order valence-corrected chi connectivity index (χ1v) is 9.89. The molecule has 25 heavy (non-hydrogen) atoms. The number of sulfonamides is 1. The Morgan fingerprint density at radius 1 is 1.32 bits per heavy atom. The minimum absolute atomic E-state index is 0.00282. The fourth-order valence-electron chi connectivity index (χ4n) is 2.96. The molecule has 138 valence electrons. The fourth-order valence-corrected chi connectivity index (χ4v) is 4.65. The SMILES string of the molecule is CCN(CC)S(=O)(=O)c1ccc(Cl)c(C(=O)N2CCCC2C(=O)O)c1. The van der Waals surface area contributed by atoms with Crippen LogP contribution in [0.15, 0.2) is 23.1 Å². The maximum Gasteiger partial charge on any atom is 0.326 e. The molecule has 2 rings (SSSR count). The molecule has 1 amide bonds. The van der Waals surface area contributed by atoms with E-state index in [1.165, 1.54) is 27.4 Å². The number of hydrogen-bond donors (Lipinski definition) is 1. The van der Waals surface area contributed by atoms with Crippen molar-refractivity contribution >= 4 is 33.5 Å². The summed E-state index contributed by atoms with van der Waals surface area (Å²) < 4.78 is 26.6. The van der Waals surface area contributed by atoms with Crippen molar-refractivity contribution in [1.82, 2.24) is 9.21 Å². The van der Waals surface area contributed by atoms with E-state index in [1.807, 2.05) is 0 Å². The lowest BCUT2D eigenvalue weighted by molar-refractivity contribution is -0.141. The van der Waals surface area contributed by atoms with E-state index in [0.29, 0.717) is 32.5 Å². The summed E-state index contributed by atoms with van der Waals surface area (Å²) in [6, 6.07) is 3.03. The smallest absolute Gasteiger partial charge is 0.326 e. The third-order valence-electron chi connectivity index (χ3n) is 4.31.